The number of nitrogens with one attached hydrogen (secondary N) is 2. The minimum absolute atomic E-state index is 0.134. The molecule has 0 bridgehead atoms. The summed E-state index contributed by atoms with van der Waals surface area (Å²) in [5.41, 5.74) is 2.74. The van der Waals surface area contributed by atoms with E-state index < -0.39 is 0 Å². The minimum atomic E-state index is -0.134. The fourth-order valence-corrected chi connectivity index (χ4v) is 3.78. The van der Waals surface area contributed by atoms with Crippen LogP contribution in [0.5, 0.6) is 11.5 Å². The highest BCUT2D eigenvalue weighted by Crippen LogP contribution is 2.29. The second-order valence-corrected chi connectivity index (χ2v) is 7.36. The van der Waals surface area contributed by atoms with E-state index in [2.05, 4.69) is 27.4 Å². The first-order valence-corrected chi connectivity index (χ1v) is 10.1. The van der Waals surface area contributed by atoms with Crippen LogP contribution in [0, 0.1) is 0 Å². The summed E-state index contributed by atoms with van der Waals surface area (Å²) < 4.78 is 10.6. The highest BCUT2D eigenvalue weighted by Gasteiger charge is 2.27. The Morgan fingerprint density at radius 1 is 1.13 bits per heavy atom. The molecule has 30 heavy (non-hydrogen) atoms. The van der Waals surface area contributed by atoms with Crippen LogP contribution in [0.2, 0.25) is 0 Å². The first kappa shape index (κ1) is 19.8. The van der Waals surface area contributed by atoms with Gasteiger partial charge in [0.1, 0.15) is 17.3 Å². The normalized spacial score (nSPS) is 16.2. The number of anilines is 1. The van der Waals surface area contributed by atoms with Crippen molar-refractivity contribution in [1.82, 2.24) is 14.9 Å². The predicted molar refractivity (Wildman–Crippen MR) is 116 cm³/mol. The predicted octanol–water partition coefficient (Wildman–Crippen LogP) is 4.51. The molecule has 0 spiro atoms. The number of benzene rings is 2. The average Bonchev–Trinajstić information content (AvgIpc) is 3.30. The van der Waals surface area contributed by atoms with Gasteiger partial charge in [0, 0.05) is 42.9 Å². The number of aromatic nitrogens is 2. The standard InChI is InChI=1S/C23H26N4O3/c1-29-19-11-18(12-20(13-19)30-2)25-23(28)27-10-6-9-17(15-27)22-24-14-21(26-22)16-7-4-3-5-8-16/h3-5,7-8,11-14,17H,6,9-10,15H2,1-2H3,(H,24,26)(H,25,28). The summed E-state index contributed by atoms with van der Waals surface area (Å²) in [6.07, 6.45) is 3.80. The van der Waals surface area contributed by atoms with Crippen LogP contribution in [0.1, 0.15) is 24.6 Å². The minimum Gasteiger partial charge on any atom is -0.497 e. The summed E-state index contributed by atoms with van der Waals surface area (Å²) in [5.74, 6) is 2.37. The van der Waals surface area contributed by atoms with Gasteiger partial charge in [0.25, 0.3) is 0 Å². The molecule has 1 aromatic heterocycles. The average molecular weight is 406 g/mol. The molecular weight excluding hydrogens is 380 g/mol. The smallest absolute Gasteiger partial charge is 0.321 e. The van der Waals surface area contributed by atoms with Crippen molar-refractivity contribution >= 4 is 11.7 Å². The largest absolute Gasteiger partial charge is 0.497 e. The van der Waals surface area contributed by atoms with Gasteiger partial charge < -0.3 is 24.7 Å². The van der Waals surface area contributed by atoms with Gasteiger partial charge in [-0.1, -0.05) is 30.3 Å². The molecule has 4 rings (SSSR count). The number of carbonyl (C=O) groups excluding carboxylic acids is 1. The van der Waals surface area contributed by atoms with Gasteiger partial charge in [-0.2, -0.15) is 0 Å². The topological polar surface area (TPSA) is 79.5 Å². The van der Waals surface area contributed by atoms with Gasteiger partial charge in [-0.05, 0) is 18.4 Å². The highest BCUT2D eigenvalue weighted by atomic mass is 16.5. The number of nitrogens with zero attached hydrogens (tertiary/aromatic N) is 2. The maximum Gasteiger partial charge on any atom is 0.321 e. The van der Waals surface area contributed by atoms with Crippen molar-refractivity contribution in [3.63, 3.8) is 0 Å². The van der Waals surface area contributed by atoms with Crippen molar-refractivity contribution < 1.29 is 14.3 Å². The van der Waals surface area contributed by atoms with Gasteiger partial charge in [-0.3, -0.25) is 0 Å². The molecule has 1 aliphatic heterocycles. The first-order valence-electron chi connectivity index (χ1n) is 10.1. The first-order chi connectivity index (χ1) is 14.7. The zero-order valence-electron chi connectivity index (χ0n) is 17.2. The third-order valence-corrected chi connectivity index (χ3v) is 5.38. The van der Waals surface area contributed by atoms with E-state index in [9.17, 15) is 4.79 Å². The number of imidazole rings is 1. The lowest BCUT2D eigenvalue weighted by atomic mass is 9.97. The van der Waals surface area contributed by atoms with E-state index in [0.717, 1.165) is 36.5 Å². The van der Waals surface area contributed by atoms with E-state index in [1.165, 1.54) is 0 Å². The van der Waals surface area contributed by atoms with Crippen molar-refractivity contribution in [2.45, 2.75) is 18.8 Å². The number of piperidine rings is 1. The SMILES string of the molecule is COc1cc(NC(=O)N2CCCC(c3ncc(-c4ccccc4)[nH]3)C2)cc(OC)c1. The van der Waals surface area contributed by atoms with Crippen LogP contribution in [0.3, 0.4) is 0 Å². The van der Waals surface area contributed by atoms with E-state index in [0.29, 0.717) is 23.7 Å². The molecule has 2 aromatic carbocycles. The van der Waals surface area contributed by atoms with Gasteiger partial charge in [-0.15, -0.1) is 0 Å². The van der Waals surface area contributed by atoms with Crippen LogP contribution in [0.25, 0.3) is 11.3 Å². The van der Waals surface area contributed by atoms with Gasteiger partial charge >= 0.3 is 6.03 Å². The zero-order valence-corrected chi connectivity index (χ0v) is 17.2. The van der Waals surface area contributed by atoms with Crippen molar-refractivity contribution in [1.29, 1.82) is 0 Å². The summed E-state index contributed by atoms with van der Waals surface area (Å²) in [6, 6.07) is 15.3. The third-order valence-electron chi connectivity index (χ3n) is 5.38. The van der Waals surface area contributed by atoms with Crippen LogP contribution in [-0.2, 0) is 0 Å². The van der Waals surface area contributed by atoms with Gasteiger partial charge in [-0.25, -0.2) is 9.78 Å². The number of H-pyrrole nitrogens is 1. The molecule has 0 aliphatic carbocycles. The Morgan fingerprint density at radius 3 is 2.57 bits per heavy atom. The lowest BCUT2D eigenvalue weighted by Gasteiger charge is -2.32. The van der Waals surface area contributed by atoms with Gasteiger partial charge in [0.2, 0.25) is 0 Å². The highest BCUT2D eigenvalue weighted by molar-refractivity contribution is 5.90. The van der Waals surface area contributed by atoms with Crippen LogP contribution in [0.15, 0.2) is 54.7 Å². The Balaban J connectivity index is 1.44. The summed E-state index contributed by atoms with van der Waals surface area (Å²) in [6.45, 7) is 1.34. The number of urea groups is 1. The molecule has 1 saturated heterocycles. The molecular formula is C23H26N4O3. The number of carbonyl (C=O) groups is 1. The molecule has 0 radical (unpaired) electrons. The number of aromatic amines is 1. The van der Waals surface area contributed by atoms with Gasteiger partial charge in [0.15, 0.2) is 0 Å². The number of amides is 2. The monoisotopic (exact) mass is 406 g/mol. The molecule has 7 nitrogen and oxygen atoms in total. The van der Waals surface area contributed by atoms with Crippen LogP contribution in [-0.4, -0.2) is 48.2 Å². The Labute approximate surface area is 176 Å². The maximum absolute atomic E-state index is 12.9. The van der Waals surface area contributed by atoms with Crippen LogP contribution >= 0.6 is 0 Å². The molecule has 2 amide bonds. The number of ether oxygens (including phenoxy) is 2. The number of rotatable bonds is 5. The number of hydrogen-bond acceptors (Lipinski definition) is 4. The molecule has 1 fully saturated rings. The summed E-state index contributed by atoms with van der Waals surface area (Å²) in [7, 11) is 3.17. The maximum atomic E-state index is 12.9. The zero-order chi connectivity index (χ0) is 20.9. The van der Waals surface area contributed by atoms with E-state index in [4.69, 9.17) is 9.47 Å². The summed E-state index contributed by atoms with van der Waals surface area (Å²) in [4.78, 5) is 22.7. The molecule has 2 heterocycles. The van der Waals surface area contributed by atoms with Crippen molar-refractivity contribution in [2.24, 2.45) is 0 Å². The quantitative estimate of drug-likeness (QED) is 0.654. The van der Waals surface area contributed by atoms with Crippen molar-refractivity contribution in [2.75, 3.05) is 32.6 Å². The molecule has 1 aliphatic rings. The lowest BCUT2D eigenvalue weighted by Crippen LogP contribution is -2.41. The molecule has 7 heteroatoms. The molecule has 1 atom stereocenters. The van der Waals surface area contributed by atoms with E-state index in [1.54, 1.807) is 32.4 Å². The second kappa shape index (κ2) is 8.90. The Bertz CT molecular complexity index is 980. The van der Waals surface area contributed by atoms with Crippen LogP contribution in [0.4, 0.5) is 10.5 Å². The number of likely N-dealkylation sites (tertiary alicyclic amines) is 1. The van der Waals surface area contributed by atoms with E-state index in [-0.39, 0.29) is 11.9 Å². The van der Waals surface area contributed by atoms with Gasteiger partial charge in [0.05, 0.1) is 26.1 Å². The molecule has 3 aromatic rings. The van der Waals surface area contributed by atoms with E-state index in [1.807, 2.05) is 29.3 Å². The summed E-state index contributed by atoms with van der Waals surface area (Å²) in [5, 5.41) is 2.96. The number of hydrogen-bond donors (Lipinski definition) is 2. The van der Waals surface area contributed by atoms with Crippen molar-refractivity contribution in [3.05, 3.63) is 60.6 Å². The Hall–Kier alpha value is -3.48. The fraction of sp³-hybridized carbons (Fsp3) is 0.304. The molecule has 1 unspecified atom stereocenters. The van der Waals surface area contributed by atoms with Crippen LogP contribution < -0.4 is 14.8 Å². The molecule has 0 saturated carbocycles. The lowest BCUT2D eigenvalue weighted by molar-refractivity contribution is 0.191. The number of methoxy groups -OCH3 is 2. The van der Waals surface area contributed by atoms with Crippen molar-refractivity contribution in [3.8, 4) is 22.8 Å². The fourth-order valence-electron chi connectivity index (χ4n) is 3.78. The summed E-state index contributed by atoms with van der Waals surface area (Å²) >= 11 is 0. The Kier molecular flexibility index (Phi) is 5.88. The van der Waals surface area contributed by atoms with E-state index >= 15 is 0 Å². The third kappa shape index (κ3) is 4.40. The molecule has 2 N–H and O–H groups in total. The Morgan fingerprint density at radius 2 is 1.87 bits per heavy atom. The molecule has 156 valence electrons. The second-order valence-electron chi connectivity index (χ2n) is 7.36.